The number of piperazine rings is 1. The van der Waals surface area contributed by atoms with Crippen molar-refractivity contribution in [3.63, 3.8) is 0 Å². The Morgan fingerprint density at radius 3 is 2.26 bits per heavy atom. The van der Waals surface area contributed by atoms with E-state index in [0.717, 1.165) is 19.6 Å². The van der Waals surface area contributed by atoms with E-state index in [1.165, 1.54) is 0 Å². The summed E-state index contributed by atoms with van der Waals surface area (Å²) in [5.74, 6) is -2.32. The number of hydrogen-bond donors (Lipinski definition) is 2. The normalized spacial score (nSPS) is 20.6. The Labute approximate surface area is 182 Å². The van der Waals surface area contributed by atoms with Crippen molar-refractivity contribution < 1.29 is 28.8 Å². The standard InChI is InChI=1S/C20H33N5O6/c1-20(2,14-13-23(3)11-12-24(14)4)19(30)22-9-7-15(26)21-10-8-18(29)31-25-16(27)5-6-17(25)28/h14H,5-13H2,1-4H3,(H,21,26)(H,22,30). The fraction of sp³-hybridized carbons (Fsp3) is 0.750. The lowest BCUT2D eigenvalue weighted by Crippen LogP contribution is -2.60. The molecule has 0 aromatic carbocycles. The van der Waals surface area contributed by atoms with Gasteiger partial charge in [0.1, 0.15) is 0 Å². The van der Waals surface area contributed by atoms with Crippen molar-refractivity contribution in [1.29, 1.82) is 0 Å². The van der Waals surface area contributed by atoms with Gasteiger partial charge in [0.15, 0.2) is 0 Å². The highest BCUT2D eigenvalue weighted by Gasteiger charge is 2.41. The van der Waals surface area contributed by atoms with Crippen LogP contribution in [0.25, 0.3) is 0 Å². The fourth-order valence-electron chi connectivity index (χ4n) is 3.66. The maximum absolute atomic E-state index is 12.7. The topological polar surface area (TPSA) is 128 Å². The van der Waals surface area contributed by atoms with Crippen LogP contribution in [0.15, 0.2) is 0 Å². The van der Waals surface area contributed by atoms with Gasteiger partial charge in [-0.3, -0.25) is 24.1 Å². The van der Waals surface area contributed by atoms with Crippen molar-refractivity contribution in [3.8, 4) is 0 Å². The minimum Gasteiger partial charge on any atom is -0.355 e. The summed E-state index contributed by atoms with van der Waals surface area (Å²) in [5, 5.41) is 5.86. The number of rotatable bonds is 9. The number of nitrogens with one attached hydrogen (secondary N) is 2. The van der Waals surface area contributed by atoms with Crippen LogP contribution in [-0.4, -0.2) is 97.3 Å². The molecular weight excluding hydrogens is 406 g/mol. The molecule has 1 atom stereocenters. The van der Waals surface area contributed by atoms with Crippen LogP contribution in [0.5, 0.6) is 0 Å². The van der Waals surface area contributed by atoms with Crippen LogP contribution in [0.1, 0.15) is 39.5 Å². The quantitative estimate of drug-likeness (QED) is 0.432. The summed E-state index contributed by atoms with van der Waals surface area (Å²) in [5.41, 5.74) is -0.617. The number of carbonyl (C=O) groups excluding carboxylic acids is 5. The molecule has 0 aromatic rings. The number of likely N-dealkylation sites (N-methyl/N-ethyl adjacent to an activating group) is 2. The molecule has 2 rings (SSSR count). The molecule has 4 amide bonds. The predicted molar refractivity (Wildman–Crippen MR) is 110 cm³/mol. The van der Waals surface area contributed by atoms with Crippen molar-refractivity contribution >= 4 is 29.6 Å². The van der Waals surface area contributed by atoms with Gasteiger partial charge in [-0.15, -0.1) is 5.06 Å². The van der Waals surface area contributed by atoms with Gasteiger partial charge in [0.25, 0.3) is 11.8 Å². The summed E-state index contributed by atoms with van der Waals surface area (Å²) in [6.07, 6.45) is -0.0533. The number of carbonyl (C=O) groups is 5. The Balaban J connectivity index is 1.65. The molecule has 1 unspecified atom stereocenters. The van der Waals surface area contributed by atoms with E-state index in [0.29, 0.717) is 5.06 Å². The van der Waals surface area contributed by atoms with Gasteiger partial charge < -0.3 is 20.4 Å². The lowest BCUT2D eigenvalue weighted by molar-refractivity contribution is -0.197. The number of imide groups is 1. The first-order valence-electron chi connectivity index (χ1n) is 10.5. The molecule has 2 N–H and O–H groups in total. The highest BCUT2D eigenvalue weighted by molar-refractivity contribution is 6.01. The zero-order valence-corrected chi connectivity index (χ0v) is 18.7. The van der Waals surface area contributed by atoms with E-state index in [4.69, 9.17) is 4.84 Å². The van der Waals surface area contributed by atoms with E-state index in [2.05, 4.69) is 20.4 Å². The summed E-state index contributed by atoms with van der Waals surface area (Å²) < 4.78 is 0. The first kappa shape index (κ1) is 24.7. The van der Waals surface area contributed by atoms with Crippen molar-refractivity contribution in [2.24, 2.45) is 5.41 Å². The number of hydroxylamine groups is 2. The summed E-state index contributed by atoms with van der Waals surface area (Å²) in [7, 11) is 4.05. The zero-order valence-electron chi connectivity index (χ0n) is 18.7. The SMILES string of the molecule is CN1CCN(C)C(C(C)(C)C(=O)NCCC(=O)NCCC(=O)ON2C(=O)CCC2=O)C1. The monoisotopic (exact) mass is 439 g/mol. The van der Waals surface area contributed by atoms with Crippen LogP contribution in [0, 0.1) is 5.41 Å². The Morgan fingerprint density at radius 2 is 1.61 bits per heavy atom. The van der Waals surface area contributed by atoms with Crippen LogP contribution in [0.3, 0.4) is 0 Å². The smallest absolute Gasteiger partial charge is 0.334 e. The van der Waals surface area contributed by atoms with Gasteiger partial charge in [0.05, 0.1) is 11.8 Å². The Kier molecular flexibility index (Phi) is 8.52. The van der Waals surface area contributed by atoms with Crippen LogP contribution < -0.4 is 10.6 Å². The van der Waals surface area contributed by atoms with E-state index in [1.54, 1.807) is 0 Å². The molecule has 0 radical (unpaired) electrons. The second-order valence-corrected chi connectivity index (χ2v) is 8.63. The fourth-order valence-corrected chi connectivity index (χ4v) is 3.66. The lowest BCUT2D eigenvalue weighted by atomic mass is 9.81. The van der Waals surface area contributed by atoms with E-state index >= 15 is 0 Å². The van der Waals surface area contributed by atoms with Gasteiger partial charge in [0, 0.05) is 58.0 Å². The van der Waals surface area contributed by atoms with Gasteiger partial charge >= 0.3 is 5.97 Å². The Hall–Kier alpha value is -2.53. The molecule has 31 heavy (non-hydrogen) atoms. The molecule has 0 saturated carbocycles. The van der Waals surface area contributed by atoms with Gasteiger partial charge in [-0.1, -0.05) is 0 Å². The molecule has 2 heterocycles. The van der Waals surface area contributed by atoms with E-state index in [-0.39, 0.29) is 56.6 Å². The summed E-state index contributed by atoms with van der Waals surface area (Å²) in [6, 6.07) is 0.0699. The van der Waals surface area contributed by atoms with Crippen molar-refractivity contribution in [2.45, 2.75) is 45.6 Å². The second kappa shape index (κ2) is 10.7. The molecule has 0 spiro atoms. The van der Waals surface area contributed by atoms with Gasteiger partial charge in [-0.25, -0.2) is 4.79 Å². The highest BCUT2D eigenvalue weighted by atomic mass is 16.7. The van der Waals surface area contributed by atoms with E-state index < -0.39 is 23.2 Å². The third-order valence-electron chi connectivity index (χ3n) is 5.76. The van der Waals surface area contributed by atoms with Crippen LogP contribution >= 0.6 is 0 Å². The van der Waals surface area contributed by atoms with Crippen LogP contribution in [0.2, 0.25) is 0 Å². The van der Waals surface area contributed by atoms with Gasteiger partial charge in [-0.2, -0.15) is 0 Å². The molecule has 11 heteroatoms. The molecule has 2 fully saturated rings. The highest BCUT2D eigenvalue weighted by Crippen LogP contribution is 2.27. The zero-order chi connectivity index (χ0) is 23.2. The number of amides is 4. The molecule has 2 saturated heterocycles. The maximum atomic E-state index is 12.7. The van der Waals surface area contributed by atoms with Crippen molar-refractivity contribution in [2.75, 3.05) is 46.8 Å². The van der Waals surface area contributed by atoms with Crippen LogP contribution in [-0.2, 0) is 28.8 Å². The number of nitrogens with zero attached hydrogens (tertiary/aromatic N) is 3. The molecule has 11 nitrogen and oxygen atoms in total. The third kappa shape index (κ3) is 6.73. The Bertz CT molecular complexity index is 709. The minimum atomic E-state index is -0.777. The second-order valence-electron chi connectivity index (χ2n) is 8.63. The average Bonchev–Trinajstić information content (AvgIpc) is 3.01. The van der Waals surface area contributed by atoms with Crippen molar-refractivity contribution in [3.05, 3.63) is 0 Å². The maximum Gasteiger partial charge on any atom is 0.334 e. The largest absolute Gasteiger partial charge is 0.355 e. The molecule has 2 aliphatic rings. The molecule has 174 valence electrons. The first-order valence-corrected chi connectivity index (χ1v) is 10.5. The Morgan fingerprint density at radius 1 is 1.00 bits per heavy atom. The minimum absolute atomic E-state index is 0.00648. The van der Waals surface area contributed by atoms with Crippen LogP contribution in [0.4, 0.5) is 0 Å². The molecule has 0 bridgehead atoms. The summed E-state index contributed by atoms with van der Waals surface area (Å²) in [4.78, 5) is 68.3. The predicted octanol–water partition coefficient (Wildman–Crippen LogP) is -1.12. The lowest BCUT2D eigenvalue weighted by Gasteiger charge is -2.45. The van der Waals surface area contributed by atoms with Gasteiger partial charge in [0.2, 0.25) is 11.8 Å². The number of hydrogen-bond acceptors (Lipinski definition) is 8. The molecular formula is C20H33N5O6. The average molecular weight is 440 g/mol. The van der Waals surface area contributed by atoms with E-state index in [1.807, 2.05) is 27.9 Å². The van der Waals surface area contributed by atoms with Crippen molar-refractivity contribution in [1.82, 2.24) is 25.5 Å². The summed E-state index contributed by atoms with van der Waals surface area (Å²) in [6.45, 7) is 6.65. The van der Waals surface area contributed by atoms with E-state index in [9.17, 15) is 24.0 Å². The third-order valence-corrected chi connectivity index (χ3v) is 5.76. The first-order chi connectivity index (χ1) is 14.5. The molecule has 0 aliphatic carbocycles. The summed E-state index contributed by atoms with van der Waals surface area (Å²) >= 11 is 0. The van der Waals surface area contributed by atoms with Gasteiger partial charge in [-0.05, 0) is 27.9 Å². The molecule has 2 aliphatic heterocycles. The molecule has 0 aromatic heterocycles.